The summed E-state index contributed by atoms with van der Waals surface area (Å²) < 4.78 is 0. The summed E-state index contributed by atoms with van der Waals surface area (Å²) in [6, 6.07) is 0. The lowest BCUT2D eigenvalue weighted by Crippen LogP contribution is -2.33. The zero-order valence-corrected chi connectivity index (χ0v) is 11.8. The minimum atomic E-state index is -0.0640. The molecule has 0 bridgehead atoms. The lowest BCUT2D eigenvalue weighted by Gasteiger charge is -2.39. The third kappa shape index (κ3) is 3.48. The van der Waals surface area contributed by atoms with Gasteiger partial charge in [0.1, 0.15) is 0 Å². The van der Waals surface area contributed by atoms with Crippen LogP contribution in [-0.2, 0) is 0 Å². The monoisotopic (exact) mass is 226 g/mol. The van der Waals surface area contributed by atoms with Gasteiger partial charge in [0.25, 0.3) is 0 Å². The smallest absolute Gasteiger partial charge is 0.0593 e. The highest BCUT2D eigenvalue weighted by Crippen LogP contribution is 2.41. The van der Waals surface area contributed by atoms with Crippen LogP contribution in [0.2, 0.25) is 0 Å². The highest BCUT2D eigenvalue weighted by Gasteiger charge is 2.33. The molecule has 0 spiro atoms. The molecule has 1 N–H and O–H groups in total. The van der Waals surface area contributed by atoms with Crippen LogP contribution in [0.1, 0.15) is 66.7 Å². The molecular weight excluding hydrogens is 196 g/mol. The van der Waals surface area contributed by atoms with Crippen LogP contribution < -0.4 is 0 Å². The minimum Gasteiger partial charge on any atom is -0.393 e. The molecule has 2 atom stereocenters. The summed E-state index contributed by atoms with van der Waals surface area (Å²) in [5.41, 5.74) is 0.451. The molecule has 1 nitrogen and oxygen atoms in total. The normalized spacial score (nSPS) is 31.1. The summed E-state index contributed by atoms with van der Waals surface area (Å²) in [6.45, 7) is 11.4. The molecule has 0 heterocycles. The van der Waals surface area contributed by atoms with E-state index in [1.54, 1.807) is 0 Å². The van der Waals surface area contributed by atoms with Gasteiger partial charge in [0.15, 0.2) is 0 Å². The van der Waals surface area contributed by atoms with Crippen molar-refractivity contribution in [3.63, 3.8) is 0 Å². The lowest BCUT2D eigenvalue weighted by molar-refractivity contribution is 0.0185. The summed E-state index contributed by atoms with van der Waals surface area (Å²) in [7, 11) is 0. The van der Waals surface area contributed by atoms with Gasteiger partial charge in [-0.2, -0.15) is 0 Å². The Morgan fingerprint density at radius 2 is 1.62 bits per heavy atom. The molecule has 1 heteroatoms. The first-order chi connectivity index (χ1) is 7.36. The second kappa shape index (κ2) is 5.53. The first-order valence-electron chi connectivity index (χ1n) is 7.04. The average molecular weight is 226 g/mol. The highest BCUT2D eigenvalue weighted by molar-refractivity contribution is 4.84. The van der Waals surface area contributed by atoms with Gasteiger partial charge in [0.05, 0.1) is 6.10 Å². The summed E-state index contributed by atoms with van der Waals surface area (Å²) in [5.74, 6) is 1.89. The number of rotatable bonds is 3. The standard InChI is InChI=1S/C15H30O/c1-6-11(2)14(16)12-7-9-13(10-8-12)15(3,4)5/h11-14,16H,6-10H2,1-5H3. The lowest BCUT2D eigenvalue weighted by atomic mass is 9.68. The maximum atomic E-state index is 10.2. The van der Waals surface area contributed by atoms with Crippen molar-refractivity contribution in [1.82, 2.24) is 0 Å². The van der Waals surface area contributed by atoms with Crippen molar-refractivity contribution in [2.45, 2.75) is 72.8 Å². The maximum Gasteiger partial charge on any atom is 0.0593 e. The minimum absolute atomic E-state index is 0.0640. The maximum absolute atomic E-state index is 10.2. The third-order valence-electron chi connectivity index (χ3n) is 4.71. The molecule has 96 valence electrons. The second-order valence-electron chi connectivity index (χ2n) is 6.85. The van der Waals surface area contributed by atoms with Gasteiger partial charge in [-0.25, -0.2) is 0 Å². The Kier molecular flexibility index (Phi) is 4.85. The molecule has 0 aromatic carbocycles. The summed E-state index contributed by atoms with van der Waals surface area (Å²) in [6.07, 6.45) is 6.11. The van der Waals surface area contributed by atoms with Gasteiger partial charge in [0, 0.05) is 0 Å². The van der Waals surface area contributed by atoms with Crippen LogP contribution in [-0.4, -0.2) is 11.2 Å². The predicted molar refractivity (Wildman–Crippen MR) is 70.4 cm³/mol. The Bertz CT molecular complexity index is 196. The Hall–Kier alpha value is -0.0400. The van der Waals surface area contributed by atoms with Gasteiger partial charge < -0.3 is 5.11 Å². The van der Waals surface area contributed by atoms with E-state index in [1.165, 1.54) is 25.7 Å². The molecule has 1 aliphatic carbocycles. The summed E-state index contributed by atoms with van der Waals surface area (Å²) in [4.78, 5) is 0. The van der Waals surface area contributed by atoms with E-state index in [0.717, 1.165) is 12.3 Å². The molecule has 0 radical (unpaired) electrons. The van der Waals surface area contributed by atoms with E-state index >= 15 is 0 Å². The van der Waals surface area contributed by atoms with Crippen molar-refractivity contribution in [2.75, 3.05) is 0 Å². The van der Waals surface area contributed by atoms with Crippen molar-refractivity contribution in [3.8, 4) is 0 Å². The Labute approximate surface area is 102 Å². The van der Waals surface area contributed by atoms with E-state index in [1.807, 2.05) is 0 Å². The second-order valence-corrected chi connectivity index (χ2v) is 6.85. The van der Waals surface area contributed by atoms with Gasteiger partial charge in [-0.3, -0.25) is 0 Å². The fourth-order valence-electron chi connectivity index (χ4n) is 3.03. The molecule has 1 fully saturated rings. The molecule has 1 aliphatic rings. The van der Waals surface area contributed by atoms with Gasteiger partial charge in [-0.15, -0.1) is 0 Å². The Morgan fingerprint density at radius 1 is 1.12 bits per heavy atom. The number of aliphatic hydroxyl groups is 1. The topological polar surface area (TPSA) is 20.2 Å². The van der Waals surface area contributed by atoms with E-state index in [9.17, 15) is 5.11 Å². The van der Waals surface area contributed by atoms with Crippen LogP contribution in [0.25, 0.3) is 0 Å². The van der Waals surface area contributed by atoms with Gasteiger partial charge >= 0.3 is 0 Å². The average Bonchev–Trinajstić information content (AvgIpc) is 2.26. The van der Waals surface area contributed by atoms with E-state index < -0.39 is 0 Å². The molecule has 2 unspecified atom stereocenters. The zero-order chi connectivity index (χ0) is 12.3. The van der Waals surface area contributed by atoms with Crippen LogP contribution in [0.15, 0.2) is 0 Å². The van der Waals surface area contributed by atoms with Crippen molar-refractivity contribution in [1.29, 1.82) is 0 Å². The van der Waals surface area contributed by atoms with Crippen LogP contribution in [0.5, 0.6) is 0 Å². The number of hydrogen-bond donors (Lipinski definition) is 1. The fraction of sp³-hybridized carbons (Fsp3) is 1.00. The first-order valence-corrected chi connectivity index (χ1v) is 7.04. The van der Waals surface area contributed by atoms with Crippen LogP contribution >= 0.6 is 0 Å². The highest BCUT2D eigenvalue weighted by atomic mass is 16.3. The number of aliphatic hydroxyl groups excluding tert-OH is 1. The van der Waals surface area contributed by atoms with Crippen LogP contribution in [0.4, 0.5) is 0 Å². The van der Waals surface area contributed by atoms with Gasteiger partial charge in [0.2, 0.25) is 0 Å². The quantitative estimate of drug-likeness (QED) is 0.763. The third-order valence-corrected chi connectivity index (χ3v) is 4.71. The van der Waals surface area contributed by atoms with Crippen molar-refractivity contribution in [2.24, 2.45) is 23.2 Å². The summed E-state index contributed by atoms with van der Waals surface area (Å²) in [5, 5.41) is 10.2. The number of hydrogen-bond acceptors (Lipinski definition) is 1. The SMILES string of the molecule is CCC(C)C(O)C1CCC(C(C)(C)C)CC1. The van der Waals surface area contributed by atoms with Crippen LogP contribution in [0, 0.1) is 23.2 Å². The van der Waals surface area contributed by atoms with Gasteiger partial charge in [-0.05, 0) is 48.9 Å². The van der Waals surface area contributed by atoms with E-state index in [0.29, 0.717) is 17.3 Å². The molecule has 0 aromatic rings. The van der Waals surface area contributed by atoms with E-state index in [2.05, 4.69) is 34.6 Å². The van der Waals surface area contributed by atoms with Crippen LogP contribution in [0.3, 0.4) is 0 Å². The van der Waals surface area contributed by atoms with E-state index in [-0.39, 0.29) is 6.10 Å². The van der Waals surface area contributed by atoms with E-state index in [4.69, 9.17) is 0 Å². The largest absolute Gasteiger partial charge is 0.393 e. The molecule has 1 saturated carbocycles. The molecular formula is C15H30O. The Balaban J connectivity index is 2.43. The fourth-order valence-corrected chi connectivity index (χ4v) is 3.03. The Morgan fingerprint density at radius 3 is 2.00 bits per heavy atom. The summed E-state index contributed by atoms with van der Waals surface area (Å²) >= 11 is 0. The predicted octanol–water partition coefficient (Wildman–Crippen LogP) is 4.25. The molecule has 1 rings (SSSR count). The molecule has 0 aliphatic heterocycles. The zero-order valence-electron chi connectivity index (χ0n) is 11.8. The van der Waals surface area contributed by atoms with Crippen molar-refractivity contribution in [3.05, 3.63) is 0 Å². The molecule has 0 amide bonds. The van der Waals surface area contributed by atoms with Crippen molar-refractivity contribution >= 4 is 0 Å². The molecule has 0 saturated heterocycles. The molecule has 16 heavy (non-hydrogen) atoms. The van der Waals surface area contributed by atoms with Crippen molar-refractivity contribution < 1.29 is 5.11 Å². The van der Waals surface area contributed by atoms with Gasteiger partial charge in [-0.1, -0.05) is 41.0 Å². The molecule has 0 aromatic heterocycles. The first kappa shape index (κ1) is 14.0.